The van der Waals surface area contributed by atoms with Crippen LogP contribution in [0.15, 0.2) is 73.3 Å². The predicted molar refractivity (Wildman–Crippen MR) is 124 cm³/mol. The molecule has 1 aliphatic carbocycles. The van der Waals surface area contributed by atoms with E-state index in [9.17, 15) is 0 Å². The Kier molecular flexibility index (Phi) is 5.43. The van der Waals surface area contributed by atoms with Crippen molar-refractivity contribution >= 4 is 11.0 Å². The van der Waals surface area contributed by atoms with Gasteiger partial charge in [0.15, 0.2) is 0 Å². The lowest BCUT2D eigenvalue weighted by Crippen LogP contribution is -2.33. The average Bonchev–Trinajstić information content (AvgIpc) is 3.15. The lowest BCUT2D eigenvalue weighted by atomic mass is 9.80. The number of hydrogen-bond acceptors (Lipinski definition) is 4. The van der Waals surface area contributed by atoms with Gasteiger partial charge >= 0.3 is 0 Å². The van der Waals surface area contributed by atoms with Crippen molar-refractivity contribution in [1.82, 2.24) is 19.4 Å². The summed E-state index contributed by atoms with van der Waals surface area (Å²) in [7, 11) is 4.30. The lowest BCUT2D eigenvalue weighted by Gasteiger charge is -2.38. The third kappa shape index (κ3) is 4.19. The normalized spacial score (nSPS) is 18.3. The molecule has 158 valence electrons. The van der Waals surface area contributed by atoms with Crippen molar-refractivity contribution in [2.24, 2.45) is 5.92 Å². The van der Waals surface area contributed by atoms with Crippen LogP contribution in [0.4, 0.5) is 0 Å². The van der Waals surface area contributed by atoms with Crippen LogP contribution < -0.4 is 4.74 Å². The SMILES string of the molecule is CN(C)C[C@H]1C[C@@H](n2cc(-c3cccc(OCc4ccccc4)c3)c3cncnc32)C1. The summed E-state index contributed by atoms with van der Waals surface area (Å²) in [5, 5.41) is 1.10. The average molecular weight is 413 g/mol. The van der Waals surface area contributed by atoms with Crippen molar-refractivity contribution < 1.29 is 4.74 Å². The van der Waals surface area contributed by atoms with Gasteiger partial charge in [-0.2, -0.15) is 0 Å². The largest absolute Gasteiger partial charge is 0.489 e. The number of fused-ring (bicyclic) bond motifs is 1. The number of hydrogen-bond donors (Lipinski definition) is 0. The topological polar surface area (TPSA) is 43.2 Å². The minimum absolute atomic E-state index is 0.508. The molecule has 2 aromatic heterocycles. The first-order chi connectivity index (χ1) is 15.2. The Morgan fingerprint density at radius 1 is 1.06 bits per heavy atom. The van der Waals surface area contributed by atoms with E-state index in [0.29, 0.717) is 12.6 Å². The summed E-state index contributed by atoms with van der Waals surface area (Å²) in [6.45, 7) is 1.71. The highest BCUT2D eigenvalue weighted by Crippen LogP contribution is 2.42. The first kappa shape index (κ1) is 19.8. The summed E-state index contributed by atoms with van der Waals surface area (Å²) in [6.07, 6.45) is 8.24. The molecular formula is C26H28N4O. The zero-order chi connectivity index (χ0) is 21.2. The molecule has 0 spiro atoms. The number of rotatable bonds is 7. The smallest absolute Gasteiger partial charge is 0.144 e. The fraction of sp³-hybridized carbons (Fsp3) is 0.308. The second kappa shape index (κ2) is 8.52. The number of aromatic nitrogens is 3. The first-order valence-corrected chi connectivity index (χ1v) is 10.9. The third-order valence-corrected chi connectivity index (χ3v) is 6.12. The van der Waals surface area contributed by atoms with Crippen LogP contribution in [0, 0.1) is 5.92 Å². The fourth-order valence-corrected chi connectivity index (χ4v) is 4.58. The highest BCUT2D eigenvalue weighted by Gasteiger charge is 2.32. The van der Waals surface area contributed by atoms with Gasteiger partial charge in [-0.15, -0.1) is 0 Å². The highest BCUT2D eigenvalue weighted by molar-refractivity contribution is 5.93. The van der Waals surface area contributed by atoms with Gasteiger partial charge in [0.2, 0.25) is 0 Å². The molecule has 0 bridgehead atoms. The van der Waals surface area contributed by atoms with E-state index in [1.165, 1.54) is 12.8 Å². The summed E-state index contributed by atoms with van der Waals surface area (Å²) in [5.41, 5.74) is 4.48. The summed E-state index contributed by atoms with van der Waals surface area (Å²) >= 11 is 0. The van der Waals surface area contributed by atoms with Crippen LogP contribution in [0.2, 0.25) is 0 Å². The van der Waals surface area contributed by atoms with Crippen LogP contribution >= 0.6 is 0 Å². The Hall–Kier alpha value is -3.18. The molecule has 0 aliphatic heterocycles. The Bertz CT molecular complexity index is 1160. The van der Waals surface area contributed by atoms with Crippen molar-refractivity contribution in [2.75, 3.05) is 20.6 Å². The third-order valence-electron chi connectivity index (χ3n) is 6.12. The standard InChI is InChI=1S/C26H28N4O/c1-29(2)15-20-11-22(12-20)30-16-25(24-14-27-18-28-26(24)30)21-9-6-10-23(13-21)31-17-19-7-4-3-5-8-19/h3-10,13-14,16,18,20,22H,11-12,15,17H2,1-2H3/t20-,22+. The Morgan fingerprint density at radius 3 is 2.71 bits per heavy atom. The molecule has 2 heterocycles. The molecule has 1 saturated carbocycles. The maximum atomic E-state index is 6.06. The highest BCUT2D eigenvalue weighted by atomic mass is 16.5. The van der Waals surface area contributed by atoms with Crippen molar-refractivity contribution in [3.05, 3.63) is 78.9 Å². The zero-order valence-electron chi connectivity index (χ0n) is 18.1. The molecule has 1 fully saturated rings. The van der Waals surface area contributed by atoms with Gasteiger partial charge in [0, 0.05) is 35.9 Å². The van der Waals surface area contributed by atoms with E-state index in [1.54, 1.807) is 6.33 Å². The van der Waals surface area contributed by atoms with E-state index in [0.717, 1.165) is 45.9 Å². The van der Waals surface area contributed by atoms with E-state index < -0.39 is 0 Å². The maximum Gasteiger partial charge on any atom is 0.144 e. The predicted octanol–water partition coefficient (Wildman–Crippen LogP) is 5.19. The number of benzene rings is 2. The molecule has 31 heavy (non-hydrogen) atoms. The van der Waals surface area contributed by atoms with E-state index in [1.807, 2.05) is 30.5 Å². The second-order valence-corrected chi connectivity index (χ2v) is 8.77. The van der Waals surface area contributed by atoms with Gasteiger partial charge in [-0.1, -0.05) is 42.5 Å². The van der Waals surface area contributed by atoms with E-state index >= 15 is 0 Å². The molecule has 5 rings (SSSR count). The molecule has 2 aromatic carbocycles. The van der Waals surface area contributed by atoms with Crippen molar-refractivity contribution in [1.29, 1.82) is 0 Å². The molecular weight excluding hydrogens is 384 g/mol. The number of nitrogens with zero attached hydrogens (tertiary/aromatic N) is 4. The van der Waals surface area contributed by atoms with Gasteiger partial charge in [0.1, 0.15) is 24.3 Å². The molecule has 0 radical (unpaired) electrons. The molecule has 0 unspecified atom stereocenters. The Morgan fingerprint density at radius 2 is 1.90 bits per heavy atom. The van der Waals surface area contributed by atoms with Crippen LogP contribution in [-0.2, 0) is 6.61 Å². The van der Waals surface area contributed by atoms with Crippen molar-refractivity contribution in [3.63, 3.8) is 0 Å². The fourth-order valence-electron chi connectivity index (χ4n) is 4.58. The molecule has 5 nitrogen and oxygen atoms in total. The van der Waals surface area contributed by atoms with Crippen molar-refractivity contribution in [3.8, 4) is 16.9 Å². The summed E-state index contributed by atoms with van der Waals surface area (Å²) in [6, 6.07) is 19.1. The second-order valence-electron chi connectivity index (χ2n) is 8.77. The lowest BCUT2D eigenvalue weighted by molar-refractivity contribution is 0.159. The van der Waals surface area contributed by atoms with Gasteiger partial charge < -0.3 is 14.2 Å². The van der Waals surface area contributed by atoms with Crippen LogP contribution in [0.1, 0.15) is 24.4 Å². The monoisotopic (exact) mass is 412 g/mol. The van der Waals surface area contributed by atoms with Crippen molar-refractivity contribution in [2.45, 2.75) is 25.5 Å². The molecule has 0 amide bonds. The minimum Gasteiger partial charge on any atom is -0.489 e. The molecule has 5 heteroatoms. The van der Waals surface area contributed by atoms with E-state index in [-0.39, 0.29) is 0 Å². The summed E-state index contributed by atoms with van der Waals surface area (Å²) < 4.78 is 8.42. The zero-order valence-corrected chi connectivity index (χ0v) is 18.1. The first-order valence-electron chi connectivity index (χ1n) is 10.9. The summed E-state index contributed by atoms with van der Waals surface area (Å²) in [4.78, 5) is 11.2. The molecule has 0 atom stereocenters. The van der Waals surface area contributed by atoms with Gasteiger partial charge in [-0.25, -0.2) is 9.97 Å². The van der Waals surface area contributed by atoms with Crippen LogP contribution in [0.25, 0.3) is 22.2 Å². The number of ether oxygens (including phenoxy) is 1. The van der Waals surface area contributed by atoms with E-state index in [4.69, 9.17) is 4.74 Å². The Labute approximate surface area is 183 Å². The van der Waals surface area contributed by atoms with Gasteiger partial charge in [-0.05, 0) is 56.1 Å². The minimum atomic E-state index is 0.508. The molecule has 1 aliphatic rings. The molecule has 0 saturated heterocycles. The van der Waals surface area contributed by atoms with Gasteiger partial charge in [0.05, 0.1) is 0 Å². The van der Waals surface area contributed by atoms with Gasteiger partial charge in [0.25, 0.3) is 0 Å². The Balaban J connectivity index is 1.40. The molecule has 4 aromatic rings. The molecule has 0 N–H and O–H groups in total. The quantitative estimate of drug-likeness (QED) is 0.419. The van der Waals surface area contributed by atoms with Crippen LogP contribution in [0.5, 0.6) is 5.75 Å². The van der Waals surface area contributed by atoms with E-state index in [2.05, 4.69) is 70.1 Å². The van der Waals surface area contributed by atoms with Crippen LogP contribution in [-0.4, -0.2) is 40.1 Å². The van der Waals surface area contributed by atoms with Gasteiger partial charge in [-0.3, -0.25) is 0 Å². The maximum absolute atomic E-state index is 6.06. The van der Waals surface area contributed by atoms with Crippen LogP contribution in [0.3, 0.4) is 0 Å². The summed E-state index contributed by atoms with van der Waals surface area (Å²) in [5.74, 6) is 1.63.